The number of hydrogen-bond acceptors (Lipinski definition) is 3. The summed E-state index contributed by atoms with van der Waals surface area (Å²) in [5, 5.41) is 0. The first-order valence-corrected chi connectivity index (χ1v) is 4.28. The highest BCUT2D eigenvalue weighted by molar-refractivity contribution is 5.85. The summed E-state index contributed by atoms with van der Waals surface area (Å²) < 4.78 is 10.3. The molecule has 0 aliphatic carbocycles. The molecular formula is C10H16ClNO2. The maximum Gasteiger partial charge on any atom is 0.123 e. The Morgan fingerprint density at radius 3 is 2.57 bits per heavy atom. The molecule has 0 aliphatic rings. The molecule has 0 aliphatic heterocycles. The van der Waals surface area contributed by atoms with Crippen LogP contribution in [0.3, 0.4) is 0 Å². The Morgan fingerprint density at radius 1 is 1.21 bits per heavy atom. The summed E-state index contributed by atoms with van der Waals surface area (Å²) in [6.45, 7) is 1.66. The predicted octanol–water partition coefficient (Wildman–Crippen LogP) is 1.59. The topological polar surface area (TPSA) is 44.5 Å². The molecule has 14 heavy (non-hydrogen) atoms. The van der Waals surface area contributed by atoms with Gasteiger partial charge in [-0.05, 0) is 6.07 Å². The molecule has 1 aromatic rings. The average Bonchev–Trinajstić information content (AvgIpc) is 2.19. The number of para-hydroxylation sites is 1. The molecule has 0 radical (unpaired) electrons. The summed E-state index contributed by atoms with van der Waals surface area (Å²) in [4.78, 5) is 0. The van der Waals surface area contributed by atoms with Crippen molar-refractivity contribution in [3.63, 3.8) is 0 Å². The van der Waals surface area contributed by atoms with Gasteiger partial charge in [-0.3, -0.25) is 0 Å². The van der Waals surface area contributed by atoms with Crippen molar-refractivity contribution in [3.05, 3.63) is 29.8 Å². The van der Waals surface area contributed by atoms with Crippen molar-refractivity contribution in [2.45, 2.75) is 6.54 Å². The Kier molecular flexibility index (Phi) is 7.20. The molecule has 0 aromatic heterocycles. The van der Waals surface area contributed by atoms with Crippen LogP contribution in [0.2, 0.25) is 0 Å². The average molecular weight is 218 g/mol. The molecule has 1 rings (SSSR count). The standard InChI is InChI=1S/C10H15NO2.ClH/c1-12-6-7-13-10-5-3-2-4-9(10)8-11;/h2-5H,6-8,11H2,1H3;1H. The van der Waals surface area contributed by atoms with E-state index in [9.17, 15) is 0 Å². The molecule has 0 unspecified atom stereocenters. The fourth-order valence-corrected chi connectivity index (χ4v) is 1.05. The van der Waals surface area contributed by atoms with Crippen molar-refractivity contribution >= 4 is 12.4 Å². The predicted molar refractivity (Wildman–Crippen MR) is 59.0 cm³/mol. The summed E-state index contributed by atoms with van der Waals surface area (Å²) in [6.07, 6.45) is 0. The van der Waals surface area contributed by atoms with Gasteiger partial charge in [-0.2, -0.15) is 0 Å². The van der Waals surface area contributed by atoms with E-state index in [0.717, 1.165) is 11.3 Å². The second-order valence-corrected chi connectivity index (χ2v) is 2.65. The molecule has 0 saturated heterocycles. The highest BCUT2D eigenvalue weighted by Crippen LogP contribution is 2.16. The molecule has 0 bridgehead atoms. The van der Waals surface area contributed by atoms with E-state index < -0.39 is 0 Å². The van der Waals surface area contributed by atoms with Crippen molar-refractivity contribution in [2.75, 3.05) is 20.3 Å². The SMILES string of the molecule is COCCOc1ccccc1CN.Cl. The molecule has 1 aromatic carbocycles. The van der Waals surface area contributed by atoms with E-state index in [1.54, 1.807) is 7.11 Å². The van der Waals surface area contributed by atoms with Crippen LogP contribution < -0.4 is 10.5 Å². The Morgan fingerprint density at radius 2 is 1.93 bits per heavy atom. The van der Waals surface area contributed by atoms with Crippen LogP contribution in [0.25, 0.3) is 0 Å². The summed E-state index contributed by atoms with van der Waals surface area (Å²) in [5.74, 6) is 0.849. The second kappa shape index (κ2) is 7.62. The largest absolute Gasteiger partial charge is 0.491 e. The zero-order valence-electron chi connectivity index (χ0n) is 8.23. The molecule has 0 saturated carbocycles. The summed E-state index contributed by atoms with van der Waals surface area (Å²) in [5.41, 5.74) is 6.57. The van der Waals surface area contributed by atoms with Gasteiger partial charge in [0.2, 0.25) is 0 Å². The Hall–Kier alpha value is -0.770. The van der Waals surface area contributed by atoms with Gasteiger partial charge < -0.3 is 15.2 Å². The van der Waals surface area contributed by atoms with Crippen molar-refractivity contribution in [3.8, 4) is 5.75 Å². The van der Waals surface area contributed by atoms with E-state index in [2.05, 4.69) is 0 Å². The Balaban J connectivity index is 0.00000169. The molecule has 0 amide bonds. The number of ether oxygens (including phenoxy) is 2. The van der Waals surface area contributed by atoms with Crippen LogP contribution >= 0.6 is 12.4 Å². The van der Waals surface area contributed by atoms with E-state index in [0.29, 0.717) is 19.8 Å². The molecule has 4 heteroatoms. The van der Waals surface area contributed by atoms with E-state index in [1.807, 2.05) is 24.3 Å². The molecule has 0 fully saturated rings. The van der Waals surface area contributed by atoms with Gasteiger partial charge >= 0.3 is 0 Å². The number of benzene rings is 1. The first kappa shape index (κ1) is 13.2. The van der Waals surface area contributed by atoms with Gasteiger partial charge in [0.15, 0.2) is 0 Å². The van der Waals surface area contributed by atoms with Crippen LogP contribution in [0.4, 0.5) is 0 Å². The first-order chi connectivity index (χ1) is 6.38. The lowest BCUT2D eigenvalue weighted by Gasteiger charge is -2.08. The first-order valence-electron chi connectivity index (χ1n) is 4.28. The summed E-state index contributed by atoms with van der Waals surface area (Å²) >= 11 is 0. The van der Waals surface area contributed by atoms with Gasteiger partial charge in [0.1, 0.15) is 12.4 Å². The molecular weight excluding hydrogens is 202 g/mol. The Labute approximate surface area is 90.6 Å². The smallest absolute Gasteiger partial charge is 0.123 e. The van der Waals surface area contributed by atoms with E-state index in [-0.39, 0.29) is 12.4 Å². The van der Waals surface area contributed by atoms with Gasteiger partial charge in [0.05, 0.1) is 6.61 Å². The number of halogens is 1. The third kappa shape index (κ3) is 3.96. The lowest BCUT2D eigenvalue weighted by atomic mass is 10.2. The van der Waals surface area contributed by atoms with E-state index in [1.165, 1.54) is 0 Å². The monoisotopic (exact) mass is 217 g/mol. The fraction of sp³-hybridized carbons (Fsp3) is 0.400. The van der Waals surface area contributed by atoms with Crippen LogP contribution in [0.1, 0.15) is 5.56 Å². The van der Waals surface area contributed by atoms with Gasteiger partial charge in [-0.1, -0.05) is 18.2 Å². The lowest BCUT2D eigenvalue weighted by Crippen LogP contribution is -2.07. The van der Waals surface area contributed by atoms with Crippen LogP contribution in [-0.2, 0) is 11.3 Å². The van der Waals surface area contributed by atoms with Crippen molar-refractivity contribution in [2.24, 2.45) is 5.73 Å². The van der Waals surface area contributed by atoms with Gasteiger partial charge in [-0.25, -0.2) is 0 Å². The molecule has 0 heterocycles. The maximum atomic E-state index is 5.54. The third-order valence-electron chi connectivity index (χ3n) is 1.74. The minimum atomic E-state index is 0. The van der Waals surface area contributed by atoms with Crippen LogP contribution in [-0.4, -0.2) is 20.3 Å². The highest BCUT2D eigenvalue weighted by atomic mass is 35.5. The second-order valence-electron chi connectivity index (χ2n) is 2.65. The maximum absolute atomic E-state index is 5.54. The number of methoxy groups -OCH3 is 1. The number of rotatable bonds is 5. The quantitative estimate of drug-likeness (QED) is 0.762. The molecule has 3 nitrogen and oxygen atoms in total. The molecule has 2 N–H and O–H groups in total. The van der Waals surface area contributed by atoms with Gasteiger partial charge in [0, 0.05) is 19.2 Å². The number of nitrogens with two attached hydrogens (primary N) is 1. The third-order valence-corrected chi connectivity index (χ3v) is 1.74. The minimum absolute atomic E-state index is 0. The van der Waals surface area contributed by atoms with Crippen LogP contribution in [0.5, 0.6) is 5.75 Å². The van der Waals surface area contributed by atoms with Crippen molar-refractivity contribution < 1.29 is 9.47 Å². The van der Waals surface area contributed by atoms with E-state index >= 15 is 0 Å². The Bertz CT molecular complexity index is 256. The normalized spacial score (nSPS) is 9.29. The van der Waals surface area contributed by atoms with Crippen molar-refractivity contribution in [1.29, 1.82) is 0 Å². The molecule has 80 valence electrons. The highest BCUT2D eigenvalue weighted by Gasteiger charge is 1.99. The van der Waals surface area contributed by atoms with Crippen LogP contribution in [0, 0.1) is 0 Å². The minimum Gasteiger partial charge on any atom is -0.491 e. The zero-order valence-corrected chi connectivity index (χ0v) is 9.05. The zero-order chi connectivity index (χ0) is 9.52. The van der Waals surface area contributed by atoms with Crippen LogP contribution in [0.15, 0.2) is 24.3 Å². The molecule has 0 atom stereocenters. The van der Waals surface area contributed by atoms with Crippen molar-refractivity contribution in [1.82, 2.24) is 0 Å². The summed E-state index contributed by atoms with van der Waals surface area (Å²) in [7, 11) is 1.65. The van der Waals surface area contributed by atoms with E-state index in [4.69, 9.17) is 15.2 Å². The van der Waals surface area contributed by atoms with Gasteiger partial charge in [0.25, 0.3) is 0 Å². The molecule has 0 spiro atoms. The summed E-state index contributed by atoms with van der Waals surface area (Å²) in [6, 6.07) is 7.76. The number of hydrogen-bond donors (Lipinski definition) is 1. The van der Waals surface area contributed by atoms with Gasteiger partial charge in [-0.15, -0.1) is 12.4 Å². The lowest BCUT2D eigenvalue weighted by molar-refractivity contribution is 0.146. The fourth-order valence-electron chi connectivity index (χ4n) is 1.05.